The fraction of sp³-hybridized carbons (Fsp3) is 0.130. The zero-order chi connectivity index (χ0) is 32.0. The number of nitrogens with one attached hydrogen (secondary N) is 1. The molecule has 232 valence electrons. The van der Waals surface area contributed by atoms with Gasteiger partial charge in [-0.05, 0) is 110 Å². The van der Waals surface area contributed by atoms with Crippen LogP contribution in [0.15, 0.2) is 157 Å². The zero-order valence-corrected chi connectivity index (χ0v) is 27.2. The van der Waals surface area contributed by atoms with Gasteiger partial charge in [0.05, 0.1) is 5.70 Å². The van der Waals surface area contributed by atoms with Crippen LogP contribution >= 0.6 is 0 Å². The SMILES string of the molecule is CC1C=CC2=C(C1)NC(c1ccccc1)N2c1ccc(-c2c3c(c(-c4ccccc4)c4ccc(-c5ccccc5)cc24)=CCCC=3)cc1. The second-order valence-corrected chi connectivity index (χ2v) is 13.3. The molecule has 0 saturated carbocycles. The van der Waals surface area contributed by atoms with Gasteiger partial charge in [-0.25, -0.2) is 0 Å². The van der Waals surface area contributed by atoms with Gasteiger partial charge in [0, 0.05) is 11.4 Å². The van der Waals surface area contributed by atoms with Crippen molar-refractivity contribution >= 4 is 28.6 Å². The minimum Gasteiger partial charge on any atom is -0.363 e. The summed E-state index contributed by atoms with van der Waals surface area (Å²) >= 11 is 0. The van der Waals surface area contributed by atoms with E-state index in [1.165, 1.54) is 77.2 Å². The number of anilines is 1. The van der Waals surface area contributed by atoms with Gasteiger partial charge in [-0.3, -0.25) is 0 Å². The van der Waals surface area contributed by atoms with Gasteiger partial charge in [-0.1, -0.05) is 140 Å². The molecule has 0 amide bonds. The van der Waals surface area contributed by atoms with Gasteiger partial charge in [0.15, 0.2) is 0 Å². The predicted molar refractivity (Wildman–Crippen MR) is 202 cm³/mol. The second-order valence-electron chi connectivity index (χ2n) is 13.3. The number of benzene rings is 6. The molecule has 0 aromatic heterocycles. The summed E-state index contributed by atoms with van der Waals surface area (Å²) in [4.78, 5) is 2.48. The van der Waals surface area contributed by atoms with E-state index < -0.39 is 0 Å². The normalized spacial score (nSPS) is 18.1. The van der Waals surface area contributed by atoms with Crippen molar-refractivity contribution in [1.82, 2.24) is 5.32 Å². The molecule has 6 aromatic carbocycles. The minimum absolute atomic E-state index is 0.0621. The van der Waals surface area contributed by atoms with Gasteiger partial charge in [-0.2, -0.15) is 0 Å². The first kappa shape index (κ1) is 28.6. The predicted octanol–water partition coefficient (Wildman–Crippen LogP) is 10.1. The van der Waals surface area contributed by atoms with Crippen LogP contribution in [0, 0.1) is 5.92 Å². The Labute approximate surface area is 282 Å². The molecule has 0 saturated heterocycles. The Morgan fingerprint density at radius 3 is 1.85 bits per heavy atom. The lowest BCUT2D eigenvalue weighted by atomic mass is 9.85. The summed E-state index contributed by atoms with van der Waals surface area (Å²) in [6.45, 7) is 2.29. The highest BCUT2D eigenvalue weighted by atomic mass is 15.3. The molecule has 1 aliphatic heterocycles. The maximum absolute atomic E-state index is 3.89. The molecule has 1 heterocycles. The number of hydrogen-bond donors (Lipinski definition) is 1. The van der Waals surface area contributed by atoms with Crippen LogP contribution in [0.3, 0.4) is 0 Å². The maximum atomic E-state index is 3.89. The Kier molecular flexibility index (Phi) is 7.08. The van der Waals surface area contributed by atoms with Crippen molar-refractivity contribution in [1.29, 1.82) is 0 Å². The number of hydrogen-bond acceptors (Lipinski definition) is 2. The van der Waals surface area contributed by atoms with Gasteiger partial charge in [0.25, 0.3) is 0 Å². The monoisotopic (exact) mass is 618 g/mol. The van der Waals surface area contributed by atoms with Crippen molar-refractivity contribution < 1.29 is 0 Å². The third kappa shape index (κ3) is 4.88. The number of fused-ring (bicyclic) bond motifs is 2. The quantitative estimate of drug-likeness (QED) is 0.207. The van der Waals surface area contributed by atoms with Crippen molar-refractivity contribution in [3.63, 3.8) is 0 Å². The molecule has 2 nitrogen and oxygen atoms in total. The van der Waals surface area contributed by atoms with Crippen molar-refractivity contribution in [2.45, 2.75) is 32.4 Å². The summed E-state index contributed by atoms with van der Waals surface area (Å²) in [7, 11) is 0. The van der Waals surface area contributed by atoms with Crippen molar-refractivity contribution in [2.75, 3.05) is 4.90 Å². The number of allylic oxidation sites excluding steroid dienone is 3. The maximum Gasteiger partial charge on any atom is 0.130 e. The average Bonchev–Trinajstić information content (AvgIpc) is 3.53. The highest BCUT2D eigenvalue weighted by molar-refractivity contribution is 6.07. The topological polar surface area (TPSA) is 15.3 Å². The fourth-order valence-corrected chi connectivity index (χ4v) is 7.97. The van der Waals surface area contributed by atoms with Crippen LogP contribution in [-0.2, 0) is 0 Å². The van der Waals surface area contributed by atoms with Crippen LogP contribution < -0.4 is 20.7 Å². The molecular weight excluding hydrogens is 581 g/mol. The van der Waals surface area contributed by atoms with Gasteiger partial charge in [0.2, 0.25) is 0 Å². The standard InChI is InChI=1S/C46H38N2/c1-31-21-28-43-42(29-31)47-46(35-17-9-4-10-18-35)48(43)37-25-22-34(23-26-37)45-39-20-12-11-19-38(39)44(33-15-7-3-8-16-33)40-27-24-36(30-41(40)45)32-13-5-2-6-14-32/h2-10,13-28,30-31,46-47H,11-12,29H2,1H3. The summed E-state index contributed by atoms with van der Waals surface area (Å²) < 4.78 is 0. The lowest BCUT2D eigenvalue weighted by Crippen LogP contribution is -2.31. The zero-order valence-electron chi connectivity index (χ0n) is 27.2. The van der Waals surface area contributed by atoms with E-state index in [9.17, 15) is 0 Å². The molecule has 2 unspecified atom stereocenters. The smallest absolute Gasteiger partial charge is 0.130 e. The molecule has 9 rings (SSSR count). The van der Waals surface area contributed by atoms with Gasteiger partial charge >= 0.3 is 0 Å². The van der Waals surface area contributed by atoms with E-state index in [-0.39, 0.29) is 6.17 Å². The van der Waals surface area contributed by atoms with Crippen LogP contribution in [0.1, 0.15) is 37.9 Å². The third-order valence-corrected chi connectivity index (χ3v) is 10.2. The molecule has 0 spiro atoms. The molecular formula is C46H38N2. The third-order valence-electron chi connectivity index (χ3n) is 10.2. The Balaban J connectivity index is 1.24. The van der Waals surface area contributed by atoms with Gasteiger partial charge in [0.1, 0.15) is 6.17 Å². The summed E-state index contributed by atoms with van der Waals surface area (Å²) in [5, 5.41) is 9.20. The van der Waals surface area contributed by atoms with Crippen molar-refractivity contribution in [3.8, 4) is 33.4 Å². The Morgan fingerprint density at radius 1 is 0.583 bits per heavy atom. The largest absolute Gasteiger partial charge is 0.363 e. The molecule has 0 fully saturated rings. The van der Waals surface area contributed by atoms with Crippen LogP contribution in [0.5, 0.6) is 0 Å². The summed E-state index contributed by atoms with van der Waals surface area (Å²) in [5.74, 6) is 0.530. The molecule has 2 atom stereocenters. The minimum atomic E-state index is 0.0621. The highest BCUT2D eigenvalue weighted by Crippen LogP contribution is 2.42. The molecule has 2 aliphatic carbocycles. The lowest BCUT2D eigenvalue weighted by molar-refractivity contribution is 0.606. The van der Waals surface area contributed by atoms with Crippen LogP contribution in [0.4, 0.5) is 5.69 Å². The lowest BCUT2D eigenvalue weighted by Gasteiger charge is -2.29. The second kappa shape index (κ2) is 11.9. The molecule has 3 aliphatic rings. The average molecular weight is 619 g/mol. The number of rotatable bonds is 5. The van der Waals surface area contributed by atoms with E-state index in [2.05, 4.69) is 175 Å². The van der Waals surface area contributed by atoms with E-state index in [1.54, 1.807) is 0 Å². The molecule has 2 heteroatoms. The van der Waals surface area contributed by atoms with Crippen molar-refractivity contribution in [2.24, 2.45) is 5.92 Å². The first-order valence-corrected chi connectivity index (χ1v) is 17.3. The summed E-state index contributed by atoms with van der Waals surface area (Å²) in [5.41, 5.74) is 12.7. The van der Waals surface area contributed by atoms with E-state index in [0.717, 1.165) is 19.3 Å². The molecule has 1 N–H and O–H groups in total. The first-order valence-electron chi connectivity index (χ1n) is 17.3. The first-order chi connectivity index (χ1) is 23.7. The molecule has 0 bridgehead atoms. The van der Waals surface area contributed by atoms with Crippen LogP contribution in [-0.4, -0.2) is 0 Å². The van der Waals surface area contributed by atoms with E-state index in [0.29, 0.717) is 5.92 Å². The van der Waals surface area contributed by atoms with Crippen LogP contribution in [0.25, 0.3) is 56.3 Å². The summed E-state index contributed by atoms with van der Waals surface area (Å²) in [6.07, 6.45) is 12.8. The van der Waals surface area contributed by atoms with Gasteiger partial charge < -0.3 is 10.2 Å². The Bertz CT molecular complexity index is 2330. The van der Waals surface area contributed by atoms with Crippen LogP contribution in [0.2, 0.25) is 0 Å². The number of nitrogens with zero attached hydrogens (tertiary/aromatic N) is 1. The van der Waals surface area contributed by atoms with Crippen molar-refractivity contribution in [3.05, 3.63) is 173 Å². The molecule has 0 radical (unpaired) electrons. The highest BCUT2D eigenvalue weighted by Gasteiger charge is 2.34. The summed E-state index contributed by atoms with van der Waals surface area (Å²) in [6, 6.07) is 49.0. The molecule has 48 heavy (non-hydrogen) atoms. The van der Waals surface area contributed by atoms with E-state index >= 15 is 0 Å². The Morgan fingerprint density at radius 2 is 1.17 bits per heavy atom. The fourth-order valence-electron chi connectivity index (χ4n) is 7.97. The Hall–Kier alpha value is -5.60. The van der Waals surface area contributed by atoms with Gasteiger partial charge in [-0.15, -0.1) is 0 Å². The molecule has 6 aromatic rings. The van der Waals surface area contributed by atoms with E-state index in [1.807, 2.05) is 0 Å². The van der Waals surface area contributed by atoms with E-state index in [4.69, 9.17) is 0 Å².